The van der Waals surface area contributed by atoms with Crippen molar-refractivity contribution in [1.82, 2.24) is 18.3 Å². The number of fused-ring (bicyclic) bond motifs is 12. The van der Waals surface area contributed by atoms with Gasteiger partial charge in [0.15, 0.2) is 23.3 Å². The van der Waals surface area contributed by atoms with Crippen molar-refractivity contribution in [1.29, 1.82) is 5.26 Å². The maximum absolute atomic E-state index is 16.4. The van der Waals surface area contributed by atoms with Crippen LogP contribution in [0, 0.1) is 40.4 Å². The van der Waals surface area contributed by atoms with E-state index in [-0.39, 0.29) is 22.5 Å². The Bertz CT molecular complexity index is 4290. The van der Waals surface area contributed by atoms with E-state index >= 15 is 17.6 Å². The molecule has 10 heteroatoms. The fourth-order valence-corrected chi connectivity index (χ4v) is 11.2. The average molecular weight is 930 g/mol. The number of halogens is 5. The lowest BCUT2D eigenvalue weighted by Crippen LogP contribution is -2.08. The van der Waals surface area contributed by atoms with Gasteiger partial charge >= 0.3 is 0 Å². The van der Waals surface area contributed by atoms with E-state index in [1.54, 1.807) is 0 Å². The van der Waals surface area contributed by atoms with Gasteiger partial charge in [-0.25, -0.2) is 22.0 Å². The predicted molar refractivity (Wildman–Crippen MR) is 274 cm³/mol. The highest BCUT2D eigenvalue weighted by atomic mass is 19.2. The molecule has 4 heterocycles. The summed E-state index contributed by atoms with van der Waals surface area (Å²) in [6.07, 6.45) is 0. The molecule has 14 rings (SSSR count). The van der Waals surface area contributed by atoms with E-state index in [0.717, 1.165) is 76.5 Å². The minimum absolute atomic E-state index is 0.0902. The van der Waals surface area contributed by atoms with Crippen molar-refractivity contribution in [3.8, 4) is 39.9 Å². The average Bonchev–Trinajstić information content (AvgIpc) is 4.14. The second-order valence-corrected chi connectivity index (χ2v) is 17.8. The molecule has 0 atom stereocenters. The molecule has 336 valence electrons. The molecule has 0 unspecified atom stereocenters. The molecular formula is C61H32F5N5. The Kier molecular flexibility index (Phi) is 8.59. The first-order valence-corrected chi connectivity index (χ1v) is 22.9. The van der Waals surface area contributed by atoms with Crippen molar-refractivity contribution in [2.45, 2.75) is 0 Å². The van der Waals surface area contributed by atoms with Gasteiger partial charge in [-0.15, -0.1) is 0 Å². The highest BCUT2D eigenvalue weighted by Gasteiger charge is 2.30. The molecule has 5 nitrogen and oxygen atoms in total. The Balaban J connectivity index is 1.12. The van der Waals surface area contributed by atoms with Gasteiger partial charge in [-0.2, -0.15) is 5.26 Å². The maximum atomic E-state index is 16.4. The van der Waals surface area contributed by atoms with Crippen LogP contribution in [0.5, 0.6) is 0 Å². The van der Waals surface area contributed by atoms with Gasteiger partial charge in [0, 0.05) is 54.5 Å². The number of para-hydroxylation sites is 6. The zero-order valence-electron chi connectivity index (χ0n) is 37.1. The normalized spacial score (nSPS) is 12.0. The van der Waals surface area contributed by atoms with Gasteiger partial charge in [0.1, 0.15) is 11.6 Å². The largest absolute Gasteiger partial charge is 0.309 e. The van der Waals surface area contributed by atoms with E-state index < -0.39 is 34.6 Å². The molecule has 0 spiro atoms. The van der Waals surface area contributed by atoms with Gasteiger partial charge in [0.25, 0.3) is 0 Å². The molecule has 0 amide bonds. The van der Waals surface area contributed by atoms with E-state index in [1.807, 2.05) is 143 Å². The number of nitriles is 1. The number of rotatable bonds is 5. The summed E-state index contributed by atoms with van der Waals surface area (Å²) in [7, 11) is 0. The molecule has 0 N–H and O–H groups in total. The van der Waals surface area contributed by atoms with Crippen molar-refractivity contribution < 1.29 is 22.0 Å². The molecule has 0 saturated carbocycles. The Morgan fingerprint density at radius 1 is 0.296 bits per heavy atom. The van der Waals surface area contributed by atoms with Crippen molar-refractivity contribution in [3.05, 3.63) is 229 Å². The first-order chi connectivity index (χ1) is 34.8. The molecule has 0 aliphatic rings. The van der Waals surface area contributed by atoms with Gasteiger partial charge < -0.3 is 18.3 Å². The van der Waals surface area contributed by atoms with Crippen LogP contribution in [0.2, 0.25) is 0 Å². The SMILES string of the molecule is N#Cc1c(-n2c3ccccc3c3ccc(-n4c5ccccc5c5ccccc54)cc32)cc(-c2c(F)c(F)c(F)c(F)c2F)cc1-n1c2ccccc2c2ccc(-n3c4ccccc4c4ccccc43)cc21. The fraction of sp³-hybridized carbons (Fsp3) is 0. The molecule has 0 saturated heterocycles. The summed E-state index contributed by atoms with van der Waals surface area (Å²) in [5.41, 5.74) is 7.02. The standard InChI is InChI=1S/C61H32F5N5/c62-57-56(58(63)60(65)61(66)59(57)64)34-29-52(70-50-23-11-5-17-41(50)43-27-25-35(31-54(43)70)68-46-19-7-1-13-37(46)38-14-2-8-20-47(38)68)45(33-67)53(30-34)71-51-24-12-6-18-42(51)44-28-26-36(32-55(44)71)69-48-21-9-3-15-39(48)40-16-4-10-22-49(40)69/h1-32H. The number of benzene rings is 10. The molecule has 4 aromatic heterocycles. The summed E-state index contributed by atoms with van der Waals surface area (Å²) < 4.78 is 86.4. The first-order valence-electron chi connectivity index (χ1n) is 22.9. The quantitative estimate of drug-likeness (QED) is 0.0963. The molecule has 0 aliphatic carbocycles. The van der Waals surface area contributed by atoms with Crippen LogP contribution in [0.4, 0.5) is 22.0 Å². The molecule has 14 aromatic rings. The minimum Gasteiger partial charge on any atom is -0.309 e. The Morgan fingerprint density at radius 2 is 0.577 bits per heavy atom. The zero-order valence-corrected chi connectivity index (χ0v) is 37.1. The van der Waals surface area contributed by atoms with E-state index in [9.17, 15) is 9.65 Å². The number of aromatic nitrogens is 4. The second-order valence-electron chi connectivity index (χ2n) is 17.8. The molecular weight excluding hydrogens is 898 g/mol. The van der Waals surface area contributed by atoms with E-state index in [0.29, 0.717) is 22.1 Å². The summed E-state index contributed by atoms with van der Waals surface area (Å²) in [4.78, 5) is 0. The maximum Gasteiger partial charge on any atom is 0.200 e. The highest BCUT2D eigenvalue weighted by Crippen LogP contribution is 2.44. The summed E-state index contributed by atoms with van der Waals surface area (Å²) in [6, 6.07) is 65.0. The molecule has 0 bridgehead atoms. The molecule has 0 fully saturated rings. The Morgan fingerprint density at radius 3 is 0.901 bits per heavy atom. The molecule has 10 aromatic carbocycles. The molecule has 0 radical (unpaired) electrons. The van der Waals surface area contributed by atoms with E-state index in [4.69, 9.17) is 0 Å². The number of hydrogen-bond donors (Lipinski definition) is 0. The predicted octanol–water partition coefficient (Wildman–Crippen LogP) is 16.3. The van der Waals surface area contributed by atoms with Gasteiger partial charge in [-0.1, -0.05) is 121 Å². The molecule has 0 aliphatic heterocycles. The third-order valence-corrected chi connectivity index (χ3v) is 14.2. The van der Waals surface area contributed by atoms with Crippen molar-refractivity contribution >= 4 is 87.2 Å². The van der Waals surface area contributed by atoms with Gasteiger partial charge in [0.05, 0.1) is 61.1 Å². The number of nitrogens with zero attached hydrogens (tertiary/aromatic N) is 5. The summed E-state index contributed by atoms with van der Waals surface area (Å²) in [6.45, 7) is 0. The van der Waals surface area contributed by atoms with Crippen LogP contribution in [0.15, 0.2) is 194 Å². The third-order valence-electron chi connectivity index (χ3n) is 14.2. The van der Waals surface area contributed by atoms with Gasteiger partial charge in [-0.05, 0) is 78.4 Å². The third kappa shape index (κ3) is 5.60. The van der Waals surface area contributed by atoms with Crippen LogP contribution >= 0.6 is 0 Å². The minimum atomic E-state index is -2.27. The second kappa shape index (κ2) is 15.0. The lowest BCUT2D eigenvalue weighted by Gasteiger charge is -2.19. The highest BCUT2D eigenvalue weighted by molar-refractivity contribution is 6.14. The Hall–Kier alpha value is -9.46. The van der Waals surface area contributed by atoms with Crippen LogP contribution in [0.1, 0.15) is 5.56 Å². The van der Waals surface area contributed by atoms with Crippen LogP contribution in [0.3, 0.4) is 0 Å². The van der Waals surface area contributed by atoms with E-state index in [1.165, 1.54) is 12.1 Å². The van der Waals surface area contributed by atoms with Crippen molar-refractivity contribution in [2.75, 3.05) is 0 Å². The zero-order chi connectivity index (χ0) is 47.8. The Labute approximate surface area is 399 Å². The van der Waals surface area contributed by atoms with Crippen molar-refractivity contribution in [2.24, 2.45) is 0 Å². The lowest BCUT2D eigenvalue weighted by atomic mass is 9.98. The fourth-order valence-electron chi connectivity index (χ4n) is 11.2. The van der Waals surface area contributed by atoms with Gasteiger partial charge in [0.2, 0.25) is 5.82 Å². The lowest BCUT2D eigenvalue weighted by molar-refractivity contribution is 0.381. The first kappa shape index (κ1) is 40.6. The summed E-state index contributed by atoms with van der Waals surface area (Å²) >= 11 is 0. The topological polar surface area (TPSA) is 43.5 Å². The van der Waals surface area contributed by atoms with Crippen LogP contribution in [-0.2, 0) is 0 Å². The molecule has 71 heavy (non-hydrogen) atoms. The smallest absolute Gasteiger partial charge is 0.200 e. The van der Waals surface area contributed by atoms with Crippen LogP contribution in [0.25, 0.3) is 121 Å². The number of hydrogen-bond acceptors (Lipinski definition) is 1. The van der Waals surface area contributed by atoms with Crippen molar-refractivity contribution in [3.63, 3.8) is 0 Å². The van der Waals surface area contributed by atoms with Gasteiger partial charge in [-0.3, -0.25) is 0 Å². The summed E-state index contributed by atoms with van der Waals surface area (Å²) in [5.74, 6) is -10.4. The van der Waals surface area contributed by atoms with Crippen LogP contribution in [-0.4, -0.2) is 18.3 Å². The summed E-state index contributed by atoms with van der Waals surface area (Å²) in [5, 5.41) is 19.1. The van der Waals surface area contributed by atoms with E-state index in [2.05, 4.69) is 63.7 Å². The van der Waals surface area contributed by atoms with Crippen LogP contribution < -0.4 is 0 Å². The monoisotopic (exact) mass is 929 g/mol.